The maximum Gasteiger partial charge on any atom is 0.105 e. The van der Waals surface area contributed by atoms with Gasteiger partial charge in [-0.05, 0) is 24.6 Å². The minimum Gasteiger partial charge on any atom is -0.469 e. The Morgan fingerprint density at radius 3 is 2.72 bits per heavy atom. The van der Waals surface area contributed by atoms with Crippen LogP contribution in [0.15, 0.2) is 59.2 Å². The Hall–Kier alpha value is -1.80. The molecule has 0 aliphatic carbocycles. The van der Waals surface area contributed by atoms with Crippen LogP contribution in [0.4, 0.5) is 0 Å². The fourth-order valence-corrected chi connectivity index (χ4v) is 1.83. The summed E-state index contributed by atoms with van der Waals surface area (Å²) in [5.74, 6) is 1.03. The van der Waals surface area contributed by atoms with Crippen LogP contribution < -0.4 is 5.32 Å². The minimum absolute atomic E-state index is 0.413. The molecule has 2 aromatic rings. The van der Waals surface area contributed by atoms with Crippen molar-refractivity contribution in [3.63, 3.8) is 0 Å². The van der Waals surface area contributed by atoms with Crippen molar-refractivity contribution in [2.75, 3.05) is 6.54 Å². The van der Waals surface area contributed by atoms with Gasteiger partial charge in [-0.25, -0.2) is 0 Å². The number of hydrogen-bond donors (Lipinski definition) is 1. The van der Waals surface area contributed by atoms with Crippen molar-refractivity contribution in [2.45, 2.75) is 19.4 Å². The SMILES string of the molecule is CC(Cc1ccco1)NCC=Cc1ccccc1. The van der Waals surface area contributed by atoms with E-state index < -0.39 is 0 Å². The molecule has 0 amide bonds. The first-order valence-corrected chi connectivity index (χ1v) is 6.32. The molecule has 1 aromatic heterocycles. The summed E-state index contributed by atoms with van der Waals surface area (Å²) in [4.78, 5) is 0. The molecule has 1 heterocycles. The molecule has 0 aliphatic rings. The fourth-order valence-electron chi connectivity index (χ4n) is 1.83. The molecule has 0 bridgehead atoms. The van der Waals surface area contributed by atoms with Crippen LogP contribution in [0.5, 0.6) is 0 Å². The van der Waals surface area contributed by atoms with Crippen LogP contribution in [0.2, 0.25) is 0 Å². The van der Waals surface area contributed by atoms with Gasteiger partial charge in [-0.2, -0.15) is 0 Å². The van der Waals surface area contributed by atoms with Crippen molar-refractivity contribution < 1.29 is 4.42 Å². The summed E-state index contributed by atoms with van der Waals surface area (Å²) in [6, 6.07) is 14.7. The van der Waals surface area contributed by atoms with Crippen molar-refractivity contribution in [2.24, 2.45) is 0 Å². The molecule has 1 unspecified atom stereocenters. The van der Waals surface area contributed by atoms with E-state index in [1.807, 2.05) is 30.3 Å². The average Bonchev–Trinajstić information content (AvgIpc) is 2.89. The Morgan fingerprint density at radius 1 is 1.17 bits per heavy atom. The van der Waals surface area contributed by atoms with Gasteiger partial charge in [-0.1, -0.05) is 42.5 Å². The van der Waals surface area contributed by atoms with Gasteiger partial charge >= 0.3 is 0 Å². The first-order valence-electron chi connectivity index (χ1n) is 6.32. The van der Waals surface area contributed by atoms with E-state index in [0.717, 1.165) is 18.7 Å². The lowest BCUT2D eigenvalue weighted by molar-refractivity contribution is 0.466. The number of nitrogens with one attached hydrogen (secondary N) is 1. The zero-order valence-corrected chi connectivity index (χ0v) is 10.7. The van der Waals surface area contributed by atoms with Crippen LogP contribution in [0.25, 0.3) is 6.08 Å². The van der Waals surface area contributed by atoms with Gasteiger partial charge in [0.2, 0.25) is 0 Å². The van der Waals surface area contributed by atoms with Crippen molar-refractivity contribution >= 4 is 6.08 Å². The van der Waals surface area contributed by atoms with Crippen LogP contribution in [-0.4, -0.2) is 12.6 Å². The van der Waals surface area contributed by atoms with E-state index in [0.29, 0.717) is 6.04 Å². The Kier molecular flexibility index (Phi) is 4.79. The largest absolute Gasteiger partial charge is 0.469 e. The van der Waals surface area contributed by atoms with Crippen molar-refractivity contribution in [1.29, 1.82) is 0 Å². The van der Waals surface area contributed by atoms with E-state index in [2.05, 4.69) is 36.5 Å². The highest BCUT2D eigenvalue weighted by Crippen LogP contribution is 2.04. The van der Waals surface area contributed by atoms with Crippen LogP contribution in [0, 0.1) is 0 Å². The number of benzene rings is 1. The van der Waals surface area contributed by atoms with Crippen LogP contribution in [0.1, 0.15) is 18.2 Å². The average molecular weight is 241 g/mol. The number of furan rings is 1. The van der Waals surface area contributed by atoms with Crippen LogP contribution >= 0.6 is 0 Å². The van der Waals surface area contributed by atoms with Gasteiger partial charge in [0.15, 0.2) is 0 Å². The molecule has 0 aliphatic heterocycles. The van der Waals surface area contributed by atoms with Crippen molar-refractivity contribution in [3.05, 3.63) is 66.1 Å². The molecule has 94 valence electrons. The van der Waals surface area contributed by atoms with E-state index in [1.165, 1.54) is 5.56 Å². The Bertz CT molecular complexity index is 459. The zero-order chi connectivity index (χ0) is 12.6. The Morgan fingerprint density at radius 2 is 2.00 bits per heavy atom. The Labute approximate surface area is 108 Å². The molecule has 1 atom stereocenters. The summed E-state index contributed by atoms with van der Waals surface area (Å²) in [7, 11) is 0. The summed E-state index contributed by atoms with van der Waals surface area (Å²) in [6.07, 6.45) is 6.92. The molecule has 0 fully saturated rings. The van der Waals surface area contributed by atoms with E-state index >= 15 is 0 Å². The summed E-state index contributed by atoms with van der Waals surface area (Å²) in [5, 5.41) is 3.44. The second-order valence-corrected chi connectivity index (χ2v) is 4.41. The molecular weight excluding hydrogens is 222 g/mol. The molecule has 1 N–H and O–H groups in total. The standard InChI is InChI=1S/C16H19NO/c1-14(13-16-10-6-12-18-16)17-11-5-9-15-7-3-2-4-8-15/h2-10,12,14,17H,11,13H2,1H3. The summed E-state index contributed by atoms with van der Waals surface area (Å²) < 4.78 is 5.32. The normalized spacial score (nSPS) is 12.9. The maximum atomic E-state index is 5.32. The van der Waals surface area contributed by atoms with Crippen LogP contribution in [-0.2, 0) is 6.42 Å². The topological polar surface area (TPSA) is 25.2 Å². The first-order chi connectivity index (χ1) is 8.84. The fraction of sp³-hybridized carbons (Fsp3) is 0.250. The lowest BCUT2D eigenvalue weighted by Crippen LogP contribution is -2.27. The molecule has 0 radical (unpaired) electrons. The highest BCUT2D eigenvalue weighted by molar-refractivity contribution is 5.48. The zero-order valence-electron chi connectivity index (χ0n) is 10.7. The molecular formula is C16H19NO. The second-order valence-electron chi connectivity index (χ2n) is 4.41. The Balaban J connectivity index is 1.70. The summed E-state index contributed by atoms with van der Waals surface area (Å²) in [5.41, 5.74) is 1.23. The quantitative estimate of drug-likeness (QED) is 0.837. The second kappa shape index (κ2) is 6.82. The van der Waals surface area contributed by atoms with Crippen molar-refractivity contribution in [1.82, 2.24) is 5.32 Å². The van der Waals surface area contributed by atoms with Gasteiger partial charge in [0, 0.05) is 19.0 Å². The van der Waals surface area contributed by atoms with E-state index in [-0.39, 0.29) is 0 Å². The lowest BCUT2D eigenvalue weighted by Gasteiger charge is -2.10. The number of rotatable bonds is 6. The molecule has 0 saturated heterocycles. The van der Waals surface area contributed by atoms with Gasteiger partial charge in [-0.15, -0.1) is 0 Å². The van der Waals surface area contributed by atoms with Gasteiger partial charge in [-0.3, -0.25) is 0 Å². The summed E-state index contributed by atoms with van der Waals surface area (Å²) >= 11 is 0. The predicted molar refractivity (Wildman–Crippen MR) is 75.4 cm³/mol. The smallest absolute Gasteiger partial charge is 0.105 e. The molecule has 2 nitrogen and oxygen atoms in total. The highest BCUT2D eigenvalue weighted by Gasteiger charge is 2.03. The van der Waals surface area contributed by atoms with E-state index in [4.69, 9.17) is 4.42 Å². The number of hydrogen-bond acceptors (Lipinski definition) is 2. The highest BCUT2D eigenvalue weighted by atomic mass is 16.3. The molecule has 0 saturated carbocycles. The third kappa shape index (κ3) is 4.22. The van der Waals surface area contributed by atoms with Crippen LogP contribution in [0.3, 0.4) is 0 Å². The maximum absolute atomic E-state index is 5.32. The third-order valence-corrected chi connectivity index (χ3v) is 2.78. The molecule has 2 heteroatoms. The molecule has 0 spiro atoms. The monoisotopic (exact) mass is 241 g/mol. The lowest BCUT2D eigenvalue weighted by atomic mass is 10.2. The van der Waals surface area contributed by atoms with Crippen molar-refractivity contribution in [3.8, 4) is 0 Å². The molecule has 1 aromatic carbocycles. The first kappa shape index (κ1) is 12.7. The third-order valence-electron chi connectivity index (χ3n) is 2.78. The van der Waals surface area contributed by atoms with Gasteiger partial charge in [0.1, 0.15) is 5.76 Å². The van der Waals surface area contributed by atoms with Gasteiger partial charge in [0.25, 0.3) is 0 Å². The van der Waals surface area contributed by atoms with Gasteiger partial charge in [0.05, 0.1) is 6.26 Å². The molecule has 2 rings (SSSR count). The van der Waals surface area contributed by atoms with E-state index in [1.54, 1.807) is 6.26 Å². The minimum atomic E-state index is 0.413. The molecule has 18 heavy (non-hydrogen) atoms. The van der Waals surface area contributed by atoms with Gasteiger partial charge < -0.3 is 9.73 Å². The summed E-state index contributed by atoms with van der Waals surface area (Å²) in [6.45, 7) is 3.04. The van der Waals surface area contributed by atoms with E-state index in [9.17, 15) is 0 Å². The predicted octanol–water partition coefficient (Wildman–Crippen LogP) is 3.51.